The molecule has 3 nitrogen and oxygen atoms in total. The Morgan fingerprint density at radius 1 is 1.16 bits per heavy atom. The van der Waals surface area contributed by atoms with Crippen LogP contribution in [0.1, 0.15) is 51.9 Å². The van der Waals surface area contributed by atoms with E-state index >= 15 is 0 Å². The predicted molar refractivity (Wildman–Crippen MR) is 82.6 cm³/mol. The molecule has 0 bridgehead atoms. The van der Waals surface area contributed by atoms with Gasteiger partial charge in [0.05, 0.1) is 0 Å². The van der Waals surface area contributed by atoms with Gasteiger partial charge in [-0.2, -0.15) is 0 Å². The Hall–Kier alpha value is -0.120. The van der Waals surface area contributed by atoms with Crippen LogP contribution in [-0.2, 0) is 0 Å². The molecule has 2 fully saturated rings. The molecule has 1 saturated heterocycles. The number of hydrogen-bond donors (Lipinski definition) is 1. The highest BCUT2D eigenvalue weighted by molar-refractivity contribution is 4.94. The quantitative estimate of drug-likeness (QED) is 0.825. The van der Waals surface area contributed by atoms with Crippen molar-refractivity contribution < 1.29 is 0 Å². The summed E-state index contributed by atoms with van der Waals surface area (Å²) in [5.41, 5.74) is 0.423. The molecule has 19 heavy (non-hydrogen) atoms. The maximum absolute atomic E-state index is 3.89. The van der Waals surface area contributed by atoms with Crippen LogP contribution in [0.25, 0.3) is 0 Å². The van der Waals surface area contributed by atoms with Gasteiger partial charge in [-0.1, -0.05) is 26.2 Å². The van der Waals surface area contributed by atoms with E-state index in [2.05, 4.69) is 36.1 Å². The summed E-state index contributed by atoms with van der Waals surface area (Å²) in [4.78, 5) is 5.07. The van der Waals surface area contributed by atoms with Crippen LogP contribution >= 0.6 is 0 Å². The molecule has 1 unspecified atom stereocenters. The number of rotatable bonds is 5. The molecule has 0 amide bonds. The Morgan fingerprint density at radius 2 is 1.89 bits per heavy atom. The molecule has 1 aliphatic carbocycles. The summed E-state index contributed by atoms with van der Waals surface area (Å²) in [6, 6.07) is 0.715. The molecule has 2 aliphatic rings. The maximum Gasteiger partial charge on any atom is 0.0328 e. The maximum atomic E-state index is 3.89. The number of nitrogens with zero attached hydrogens (tertiary/aromatic N) is 2. The van der Waals surface area contributed by atoms with Crippen molar-refractivity contribution in [1.29, 1.82) is 0 Å². The molecule has 0 aromatic carbocycles. The van der Waals surface area contributed by atoms with Crippen LogP contribution in [0.15, 0.2) is 0 Å². The zero-order valence-electron chi connectivity index (χ0n) is 13.2. The second-order valence-corrected chi connectivity index (χ2v) is 6.79. The molecule has 1 N–H and O–H groups in total. The van der Waals surface area contributed by atoms with E-state index in [0.717, 1.165) is 0 Å². The van der Waals surface area contributed by atoms with Gasteiger partial charge >= 0.3 is 0 Å². The highest BCUT2D eigenvalue weighted by atomic mass is 15.2. The number of hydrogen-bond acceptors (Lipinski definition) is 3. The van der Waals surface area contributed by atoms with Crippen molar-refractivity contribution in [1.82, 2.24) is 15.1 Å². The fraction of sp³-hybridized carbons (Fsp3) is 1.00. The van der Waals surface area contributed by atoms with Crippen molar-refractivity contribution in [3.63, 3.8) is 0 Å². The van der Waals surface area contributed by atoms with Crippen LogP contribution in [0.2, 0.25) is 0 Å². The van der Waals surface area contributed by atoms with Gasteiger partial charge in [0.1, 0.15) is 0 Å². The summed E-state index contributed by atoms with van der Waals surface area (Å²) >= 11 is 0. The normalized spacial score (nSPS) is 28.7. The topological polar surface area (TPSA) is 18.5 Å². The third kappa shape index (κ3) is 3.93. The first-order valence-corrected chi connectivity index (χ1v) is 8.29. The summed E-state index contributed by atoms with van der Waals surface area (Å²) in [7, 11) is 4.54. The zero-order valence-corrected chi connectivity index (χ0v) is 13.2. The summed E-state index contributed by atoms with van der Waals surface area (Å²) in [6.45, 7) is 7.22. The van der Waals surface area contributed by atoms with E-state index in [1.165, 1.54) is 71.1 Å². The highest BCUT2D eigenvalue weighted by Gasteiger charge is 2.34. The van der Waals surface area contributed by atoms with Crippen molar-refractivity contribution in [2.24, 2.45) is 0 Å². The summed E-state index contributed by atoms with van der Waals surface area (Å²) in [6.07, 6.45) is 9.72. The lowest BCUT2D eigenvalue weighted by Crippen LogP contribution is -2.56. The lowest BCUT2D eigenvalue weighted by Gasteiger charge is -2.45. The van der Waals surface area contributed by atoms with Crippen LogP contribution in [0.3, 0.4) is 0 Å². The fourth-order valence-corrected chi connectivity index (χ4v) is 3.84. The molecule has 1 saturated carbocycles. The largest absolute Gasteiger partial charge is 0.311 e. The summed E-state index contributed by atoms with van der Waals surface area (Å²) < 4.78 is 0. The molecule has 1 heterocycles. The lowest BCUT2D eigenvalue weighted by atomic mass is 9.80. The second-order valence-electron chi connectivity index (χ2n) is 6.79. The molecule has 0 spiro atoms. The van der Waals surface area contributed by atoms with Gasteiger partial charge in [0, 0.05) is 24.7 Å². The average molecular weight is 267 g/mol. The number of likely N-dealkylation sites (N-methyl/N-ethyl adjacent to an activating group) is 2. The van der Waals surface area contributed by atoms with Crippen LogP contribution in [0, 0.1) is 0 Å². The van der Waals surface area contributed by atoms with Gasteiger partial charge in [-0.15, -0.1) is 0 Å². The molecular weight excluding hydrogens is 234 g/mol. The number of likely N-dealkylation sites (tertiary alicyclic amines) is 1. The Kier molecular flexibility index (Phi) is 5.67. The monoisotopic (exact) mass is 267 g/mol. The Bertz CT molecular complexity index is 259. The standard InChI is InChI=1S/C16H33N3/c1-4-19-12-8-9-15(13-19)17-14-16(18(2)3)10-6-5-7-11-16/h15,17H,4-14H2,1-3H3. The molecule has 1 aliphatic heterocycles. The Labute approximate surface area is 119 Å². The predicted octanol–water partition coefficient (Wildman–Crippen LogP) is 2.32. The molecule has 112 valence electrons. The molecule has 0 aromatic heterocycles. The van der Waals surface area contributed by atoms with Gasteiger partial charge in [-0.3, -0.25) is 0 Å². The van der Waals surface area contributed by atoms with Gasteiger partial charge in [-0.05, 0) is 52.9 Å². The van der Waals surface area contributed by atoms with Crippen molar-refractivity contribution in [3.05, 3.63) is 0 Å². The lowest BCUT2D eigenvalue weighted by molar-refractivity contribution is 0.0883. The molecule has 0 radical (unpaired) electrons. The third-order valence-electron chi connectivity index (χ3n) is 5.41. The second kappa shape index (κ2) is 7.05. The minimum absolute atomic E-state index is 0.423. The van der Waals surface area contributed by atoms with Crippen molar-refractivity contribution in [2.75, 3.05) is 40.3 Å². The zero-order chi connectivity index (χ0) is 13.7. The third-order valence-corrected chi connectivity index (χ3v) is 5.41. The van der Waals surface area contributed by atoms with Crippen LogP contribution in [0.4, 0.5) is 0 Å². The van der Waals surface area contributed by atoms with Crippen LogP contribution in [-0.4, -0.2) is 61.7 Å². The SMILES string of the molecule is CCN1CCCC(NCC2(N(C)C)CCCCC2)C1. The summed E-state index contributed by atoms with van der Waals surface area (Å²) in [5.74, 6) is 0. The minimum atomic E-state index is 0.423. The summed E-state index contributed by atoms with van der Waals surface area (Å²) in [5, 5.41) is 3.89. The van der Waals surface area contributed by atoms with Gasteiger partial charge in [0.25, 0.3) is 0 Å². The first kappa shape index (κ1) is 15.3. The van der Waals surface area contributed by atoms with Crippen LogP contribution < -0.4 is 5.32 Å². The van der Waals surface area contributed by atoms with Gasteiger partial charge in [0.15, 0.2) is 0 Å². The molecule has 3 heteroatoms. The highest BCUT2D eigenvalue weighted by Crippen LogP contribution is 2.31. The van der Waals surface area contributed by atoms with E-state index in [1.807, 2.05) is 0 Å². The molecule has 0 aromatic rings. The van der Waals surface area contributed by atoms with Gasteiger partial charge in [-0.25, -0.2) is 0 Å². The van der Waals surface area contributed by atoms with Crippen molar-refractivity contribution >= 4 is 0 Å². The van der Waals surface area contributed by atoms with E-state index in [-0.39, 0.29) is 0 Å². The minimum Gasteiger partial charge on any atom is -0.311 e. The number of nitrogens with one attached hydrogen (secondary N) is 1. The average Bonchev–Trinajstić information content (AvgIpc) is 2.46. The van der Waals surface area contributed by atoms with Crippen molar-refractivity contribution in [2.45, 2.75) is 63.5 Å². The smallest absolute Gasteiger partial charge is 0.0328 e. The molecule has 2 rings (SSSR count). The van der Waals surface area contributed by atoms with Crippen molar-refractivity contribution in [3.8, 4) is 0 Å². The van der Waals surface area contributed by atoms with E-state index in [9.17, 15) is 0 Å². The van der Waals surface area contributed by atoms with Crippen LogP contribution in [0.5, 0.6) is 0 Å². The Balaban J connectivity index is 1.84. The Morgan fingerprint density at radius 3 is 2.53 bits per heavy atom. The first-order valence-electron chi connectivity index (χ1n) is 8.29. The molecular formula is C16H33N3. The van der Waals surface area contributed by atoms with Gasteiger partial charge < -0.3 is 15.1 Å². The molecule has 1 atom stereocenters. The van der Waals surface area contributed by atoms with E-state index < -0.39 is 0 Å². The first-order chi connectivity index (χ1) is 9.16. The van der Waals surface area contributed by atoms with E-state index in [4.69, 9.17) is 0 Å². The van der Waals surface area contributed by atoms with Gasteiger partial charge in [0.2, 0.25) is 0 Å². The van der Waals surface area contributed by atoms with E-state index in [0.29, 0.717) is 11.6 Å². The van der Waals surface area contributed by atoms with E-state index in [1.54, 1.807) is 0 Å². The fourth-order valence-electron chi connectivity index (χ4n) is 3.84. The number of piperidine rings is 1.